The topological polar surface area (TPSA) is 57.0 Å². The van der Waals surface area contributed by atoms with Gasteiger partial charge in [-0.2, -0.15) is 0 Å². The van der Waals surface area contributed by atoms with Crippen LogP contribution in [0.1, 0.15) is 0 Å². The van der Waals surface area contributed by atoms with Gasteiger partial charge in [0, 0.05) is 37.2 Å². The fourth-order valence-corrected chi connectivity index (χ4v) is 0. The predicted octanol–water partition coefficient (Wildman–Crippen LogP) is -1.00. The van der Waals surface area contributed by atoms with E-state index in [4.69, 9.17) is 0 Å². The summed E-state index contributed by atoms with van der Waals surface area (Å²) in [4.78, 5) is 0. The van der Waals surface area contributed by atoms with E-state index in [1.54, 1.807) is 0 Å². The Morgan fingerprint density at radius 2 is 0.800 bits per heavy atom. The maximum atomic E-state index is 0. The van der Waals surface area contributed by atoms with Crippen molar-refractivity contribution in [1.82, 2.24) is 0 Å². The van der Waals surface area contributed by atoms with Crippen molar-refractivity contribution in [2.45, 2.75) is 0 Å². The first kappa shape index (κ1) is 73.6. The van der Waals surface area contributed by atoms with Crippen LogP contribution in [0.2, 0.25) is 0 Å². The monoisotopic (exact) mass is 317 g/mol. The normalized spacial score (nSPS) is 0. The van der Waals surface area contributed by atoms with Gasteiger partial charge in [0.25, 0.3) is 0 Å². The van der Waals surface area contributed by atoms with Crippen molar-refractivity contribution >= 4 is 37.2 Å². The van der Waals surface area contributed by atoms with Crippen molar-refractivity contribution in [1.29, 1.82) is 0 Å². The van der Waals surface area contributed by atoms with E-state index in [-0.39, 0.29) is 69.8 Å². The molecule has 0 fully saturated rings. The molecule has 25 valence electrons. The molecule has 0 spiro atoms. The molecule has 0 aliphatic carbocycles. The van der Waals surface area contributed by atoms with Gasteiger partial charge < -0.3 is 11.0 Å². The van der Waals surface area contributed by atoms with E-state index in [0.717, 1.165) is 0 Å². The van der Waals surface area contributed by atoms with Crippen molar-refractivity contribution in [3.8, 4) is 0 Å². The zero-order valence-corrected chi connectivity index (χ0v) is 8.30. The first-order chi connectivity index (χ1) is 0. The van der Waals surface area contributed by atoms with E-state index in [1.807, 2.05) is 0 Å². The summed E-state index contributed by atoms with van der Waals surface area (Å²) in [6, 6.07) is 0. The molecule has 0 amide bonds. The van der Waals surface area contributed by atoms with E-state index < -0.39 is 0 Å². The molecule has 0 unspecified atom stereocenters. The molecule has 0 saturated heterocycles. The number of rotatable bonds is 0. The van der Waals surface area contributed by atoms with Crippen LogP contribution in [-0.2, 0) is 32.7 Å². The van der Waals surface area contributed by atoms with Gasteiger partial charge in [0.1, 0.15) is 0 Å². The third-order valence-corrected chi connectivity index (χ3v) is 0. The van der Waals surface area contributed by atoms with E-state index >= 15 is 0 Å². The van der Waals surface area contributed by atoms with Gasteiger partial charge in [0.15, 0.2) is 0 Å². The van der Waals surface area contributed by atoms with E-state index in [0.29, 0.717) is 0 Å². The molecule has 0 aliphatic rings. The fraction of sp³-hybridized carbons (Fsp3) is 0. The molecule has 5 heavy (non-hydrogen) atoms. The first-order valence-corrected chi connectivity index (χ1v) is 0. The SMILES string of the molecule is [Bi].[O-2].[O-2].[Si].[Ti+4]. The Morgan fingerprint density at radius 3 is 0.800 bits per heavy atom. The van der Waals surface area contributed by atoms with Crippen LogP contribution in [0.15, 0.2) is 0 Å². The minimum atomic E-state index is 0. The summed E-state index contributed by atoms with van der Waals surface area (Å²) < 4.78 is 0. The summed E-state index contributed by atoms with van der Waals surface area (Å²) in [6.45, 7) is 0. The number of hydrogen-bond acceptors (Lipinski definition) is 0. The van der Waals surface area contributed by atoms with Crippen LogP contribution in [0.3, 0.4) is 0 Å². The number of hydrogen-bond donors (Lipinski definition) is 0. The quantitative estimate of drug-likeness (QED) is 0.515. The molecule has 0 aromatic heterocycles. The van der Waals surface area contributed by atoms with E-state index in [1.165, 1.54) is 0 Å². The van der Waals surface area contributed by atoms with Gasteiger partial charge in [-0.25, -0.2) is 0 Å². The standard InChI is InChI=1S/Bi.2O.Si.Ti/q;2*-2;;+4. The van der Waals surface area contributed by atoms with Crippen molar-refractivity contribution in [3.05, 3.63) is 0 Å². The Balaban J connectivity index is 0. The van der Waals surface area contributed by atoms with Crippen molar-refractivity contribution in [2.24, 2.45) is 0 Å². The third kappa shape index (κ3) is 26.6. The summed E-state index contributed by atoms with van der Waals surface area (Å²) in [6.07, 6.45) is 0. The molecule has 0 aliphatic heterocycles. The van der Waals surface area contributed by atoms with Crippen LogP contribution in [-0.4, -0.2) is 37.2 Å². The molecule has 2 nitrogen and oxygen atoms in total. The second-order valence-electron chi connectivity index (χ2n) is 0. The van der Waals surface area contributed by atoms with Crippen molar-refractivity contribution in [3.63, 3.8) is 0 Å². The van der Waals surface area contributed by atoms with Gasteiger partial charge in [-0.1, -0.05) is 0 Å². The van der Waals surface area contributed by atoms with Gasteiger partial charge in [0.2, 0.25) is 0 Å². The maximum absolute atomic E-state index is 0. The Hall–Kier alpha value is 1.73. The molecule has 0 atom stereocenters. The summed E-state index contributed by atoms with van der Waals surface area (Å²) >= 11 is 0. The zero-order valence-electron chi connectivity index (χ0n) is 2.26. The first-order valence-electron chi connectivity index (χ1n) is 0. The maximum Gasteiger partial charge on any atom is 4.00 e. The molecular formula is BiO2SiTi. The van der Waals surface area contributed by atoms with Crippen LogP contribution in [0.25, 0.3) is 0 Å². The van der Waals surface area contributed by atoms with Crippen LogP contribution >= 0.6 is 0 Å². The zero-order chi connectivity index (χ0) is 0. The van der Waals surface area contributed by atoms with Gasteiger partial charge in [0.05, 0.1) is 0 Å². The van der Waals surface area contributed by atoms with Crippen LogP contribution in [0.4, 0.5) is 0 Å². The Bertz CT molecular complexity index is 9.61. The average Bonchev–Trinajstić information content (AvgIpc) is 0. The van der Waals surface area contributed by atoms with Gasteiger partial charge in [-0.15, -0.1) is 0 Å². The van der Waals surface area contributed by atoms with Crippen molar-refractivity contribution < 1.29 is 32.7 Å². The molecule has 0 aromatic rings. The molecular weight excluding hydrogens is 317 g/mol. The predicted molar refractivity (Wildman–Crippen MR) is 12.9 cm³/mol. The molecule has 0 bridgehead atoms. The smallest absolute Gasteiger partial charge is 2.00 e. The molecule has 0 saturated carbocycles. The third-order valence-electron chi connectivity index (χ3n) is 0. The molecule has 0 heterocycles. The van der Waals surface area contributed by atoms with Crippen LogP contribution < -0.4 is 0 Å². The minimum Gasteiger partial charge on any atom is -2.00 e. The van der Waals surface area contributed by atoms with E-state index in [9.17, 15) is 0 Å². The van der Waals surface area contributed by atoms with Gasteiger partial charge >= 0.3 is 21.7 Å². The summed E-state index contributed by atoms with van der Waals surface area (Å²) in [7, 11) is 0. The summed E-state index contributed by atoms with van der Waals surface area (Å²) in [5.74, 6) is 0. The molecule has 5 heteroatoms. The fourth-order valence-electron chi connectivity index (χ4n) is 0. The molecule has 0 aromatic carbocycles. The van der Waals surface area contributed by atoms with Gasteiger partial charge in [-0.3, -0.25) is 0 Å². The largest absolute Gasteiger partial charge is 4.00 e. The Kier molecular flexibility index (Phi) is 629. The molecule has 0 rings (SSSR count). The van der Waals surface area contributed by atoms with E-state index in [2.05, 4.69) is 0 Å². The minimum absolute atomic E-state index is 0. The second-order valence-corrected chi connectivity index (χ2v) is 0. The van der Waals surface area contributed by atoms with Crippen molar-refractivity contribution in [2.75, 3.05) is 0 Å². The Labute approximate surface area is 69.4 Å². The molecule has 7 radical (unpaired) electrons. The average molecular weight is 317 g/mol. The second kappa shape index (κ2) is 42.7. The summed E-state index contributed by atoms with van der Waals surface area (Å²) in [5, 5.41) is 0. The van der Waals surface area contributed by atoms with Crippen LogP contribution in [0, 0.1) is 0 Å². The molecule has 0 N–H and O–H groups in total. The Morgan fingerprint density at radius 1 is 0.800 bits per heavy atom. The summed E-state index contributed by atoms with van der Waals surface area (Å²) in [5.41, 5.74) is 0. The van der Waals surface area contributed by atoms with Crippen LogP contribution in [0.5, 0.6) is 0 Å². The van der Waals surface area contributed by atoms with Gasteiger partial charge in [-0.05, 0) is 0 Å².